The molecule has 0 aromatic heterocycles. The molecule has 0 N–H and O–H groups in total. The van der Waals surface area contributed by atoms with E-state index in [0.29, 0.717) is 12.0 Å². The van der Waals surface area contributed by atoms with Crippen molar-refractivity contribution >= 4 is 23.1 Å². The van der Waals surface area contributed by atoms with Gasteiger partial charge in [-0.1, -0.05) is 87.4 Å². The van der Waals surface area contributed by atoms with Gasteiger partial charge in [0.2, 0.25) is 0 Å². The Labute approximate surface area is 326 Å². The molecule has 0 amide bonds. The molecule has 0 spiro atoms. The molecule has 6 rings (SSSR count). The minimum Gasteiger partial charge on any atom is -0.406 e. The lowest BCUT2D eigenvalue weighted by Gasteiger charge is -2.19. The number of ketones is 4. The molecule has 2 fully saturated rings. The van der Waals surface area contributed by atoms with Crippen LogP contribution in [0.4, 0.5) is 17.6 Å². The van der Waals surface area contributed by atoms with Gasteiger partial charge in [0.15, 0.2) is 11.6 Å². The van der Waals surface area contributed by atoms with Crippen LogP contribution in [0.2, 0.25) is 0 Å². The van der Waals surface area contributed by atoms with E-state index in [9.17, 15) is 36.7 Å². The molecule has 2 aliphatic rings. The van der Waals surface area contributed by atoms with Crippen molar-refractivity contribution in [1.82, 2.24) is 0 Å². The molecule has 4 aromatic carbocycles. The Kier molecular flexibility index (Phi) is 13.5. The molecule has 4 atom stereocenters. The summed E-state index contributed by atoms with van der Waals surface area (Å²) in [4.78, 5) is 52.0. The second kappa shape index (κ2) is 17.9. The molecule has 5 nitrogen and oxygen atoms in total. The zero-order valence-corrected chi connectivity index (χ0v) is 32.9. The van der Waals surface area contributed by atoms with E-state index in [4.69, 9.17) is 0 Å². The van der Waals surface area contributed by atoms with Gasteiger partial charge in [-0.2, -0.15) is 0 Å². The van der Waals surface area contributed by atoms with Crippen molar-refractivity contribution in [2.24, 2.45) is 11.8 Å². The highest BCUT2D eigenvalue weighted by molar-refractivity contribution is 6.15. The number of carbonyl (C=O) groups excluding carboxylic acids is 4. The minimum atomic E-state index is -4.78. The quantitative estimate of drug-likeness (QED) is 0.112. The maximum Gasteiger partial charge on any atom is 0.573 e. The first kappa shape index (κ1) is 42.2. The highest BCUT2D eigenvalue weighted by Crippen LogP contribution is 2.40. The molecule has 0 heterocycles. The van der Waals surface area contributed by atoms with E-state index in [1.54, 1.807) is 18.2 Å². The number of rotatable bonds is 11. The Bertz CT molecular complexity index is 2050. The second-order valence-electron chi connectivity index (χ2n) is 15.0. The fourth-order valence-electron chi connectivity index (χ4n) is 8.54. The standard InChI is InChI=1S/C24H25F3O3.C23H25FO2/c1-4-16-9-14(3)10-17(5-2)21(16)22-20(28)13-18(23(22)29)11-15-7-6-8-19(12-15)30-24(25,26)27;1-4-16-10-14(3)11-17(5-2)21(16)22-20(25)13-18(23(22)26)12-15-6-8-19(24)9-7-15/h6-10,12,18,22H,4-5,11,13H2,1-3H3;6-11,18,22H,4-5,12-13H2,1-3H3. The summed E-state index contributed by atoms with van der Waals surface area (Å²) in [7, 11) is 0. The molecular formula is C47H50F4O5. The largest absolute Gasteiger partial charge is 0.573 e. The van der Waals surface area contributed by atoms with Crippen molar-refractivity contribution in [2.45, 2.75) is 111 Å². The lowest BCUT2D eigenvalue weighted by atomic mass is 9.83. The molecule has 2 aliphatic carbocycles. The number of hydrogen-bond donors (Lipinski definition) is 0. The van der Waals surface area contributed by atoms with Crippen molar-refractivity contribution in [2.75, 3.05) is 0 Å². The van der Waals surface area contributed by atoms with Crippen molar-refractivity contribution < 1.29 is 41.5 Å². The van der Waals surface area contributed by atoms with E-state index in [2.05, 4.69) is 37.6 Å². The molecule has 4 aromatic rings. The van der Waals surface area contributed by atoms with Crippen LogP contribution in [0.1, 0.15) is 108 Å². The van der Waals surface area contributed by atoms with Crippen LogP contribution in [0.15, 0.2) is 72.8 Å². The van der Waals surface area contributed by atoms with Gasteiger partial charge in [-0.3, -0.25) is 19.2 Å². The summed E-state index contributed by atoms with van der Waals surface area (Å²) in [5.41, 5.74) is 9.72. The first-order valence-corrected chi connectivity index (χ1v) is 19.5. The molecule has 9 heteroatoms. The second-order valence-corrected chi connectivity index (χ2v) is 15.0. The fraction of sp³-hybridized carbons (Fsp3) is 0.404. The van der Waals surface area contributed by atoms with Crippen molar-refractivity contribution in [3.8, 4) is 5.75 Å². The van der Waals surface area contributed by atoms with Crippen LogP contribution in [-0.4, -0.2) is 29.5 Å². The summed E-state index contributed by atoms with van der Waals surface area (Å²) in [6.07, 6.45) is -0.615. The highest BCUT2D eigenvalue weighted by atomic mass is 19.4. The zero-order chi connectivity index (χ0) is 40.9. The van der Waals surface area contributed by atoms with Gasteiger partial charge >= 0.3 is 6.36 Å². The van der Waals surface area contributed by atoms with Gasteiger partial charge in [0.25, 0.3) is 0 Å². The Morgan fingerprint density at radius 3 is 1.39 bits per heavy atom. The summed E-state index contributed by atoms with van der Waals surface area (Å²) in [5, 5.41) is 0. The van der Waals surface area contributed by atoms with Gasteiger partial charge in [0, 0.05) is 24.7 Å². The molecule has 56 heavy (non-hydrogen) atoms. The molecule has 4 unspecified atom stereocenters. The van der Waals surface area contributed by atoms with Crippen LogP contribution in [0, 0.1) is 31.5 Å². The average Bonchev–Trinajstić information content (AvgIpc) is 3.58. The van der Waals surface area contributed by atoms with E-state index in [1.807, 2.05) is 32.9 Å². The van der Waals surface area contributed by atoms with Crippen LogP contribution in [-0.2, 0) is 57.7 Å². The molecule has 0 aliphatic heterocycles. The molecule has 0 bridgehead atoms. The number of carbonyl (C=O) groups is 4. The predicted molar refractivity (Wildman–Crippen MR) is 209 cm³/mol. The van der Waals surface area contributed by atoms with E-state index in [1.165, 1.54) is 35.9 Å². The molecule has 0 radical (unpaired) electrons. The lowest BCUT2D eigenvalue weighted by molar-refractivity contribution is -0.274. The van der Waals surface area contributed by atoms with E-state index in [0.717, 1.165) is 70.2 Å². The average molecular weight is 771 g/mol. The number of alkyl halides is 3. The number of hydrogen-bond acceptors (Lipinski definition) is 5. The van der Waals surface area contributed by atoms with Crippen LogP contribution < -0.4 is 4.74 Å². The van der Waals surface area contributed by atoms with Gasteiger partial charge in [-0.15, -0.1) is 13.2 Å². The first-order valence-electron chi connectivity index (χ1n) is 19.5. The summed E-state index contributed by atoms with van der Waals surface area (Å²) in [6.45, 7) is 12.2. The third-order valence-electron chi connectivity index (χ3n) is 11.0. The number of aryl methyl sites for hydroxylation is 6. The third-order valence-corrected chi connectivity index (χ3v) is 11.0. The third kappa shape index (κ3) is 9.71. The smallest absolute Gasteiger partial charge is 0.406 e. The fourth-order valence-corrected chi connectivity index (χ4v) is 8.54. The summed E-state index contributed by atoms with van der Waals surface area (Å²) in [6, 6.07) is 20.0. The van der Waals surface area contributed by atoms with Gasteiger partial charge in [0.1, 0.15) is 35.0 Å². The predicted octanol–water partition coefficient (Wildman–Crippen LogP) is 10.2. The lowest BCUT2D eigenvalue weighted by Crippen LogP contribution is -2.20. The van der Waals surface area contributed by atoms with Crippen molar-refractivity contribution in [3.05, 3.63) is 134 Å². The molecule has 296 valence electrons. The van der Waals surface area contributed by atoms with E-state index >= 15 is 0 Å². The van der Waals surface area contributed by atoms with Gasteiger partial charge in [-0.25, -0.2) is 4.39 Å². The van der Waals surface area contributed by atoms with Crippen molar-refractivity contribution in [1.29, 1.82) is 0 Å². The van der Waals surface area contributed by atoms with Crippen LogP contribution >= 0.6 is 0 Å². The van der Waals surface area contributed by atoms with Crippen LogP contribution in [0.25, 0.3) is 0 Å². The highest BCUT2D eigenvalue weighted by Gasteiger charge is 2.44. The summed E-state index contributed by atoms with van der Waals surface area (Å²) >= 11 is 0. The monoisotopic (exact) mass is 770 g/mol. The van der Waals surface area contributed by atoms with Crippen molar-refractivity contribution in [3.63, 3.8) is 0 Å². The Hall–Kier alpha value is -4.92. The van der Waals surface area contributed by atoms with E-state index < -0.39 is 24.1 Å². The molecular weight excluding hydrogens is 721 g/mol. The number of halogens is 4. The van der Waals surface area contributed by atoms with Gasteiger partial charge < -0.3 is 4.74 Å². The number of Topliss-reactive ketones (excluding diaryl/α,β-unsaturated/α-hetero) is 4. The summed E-state index contributed by atoms with van der Waals surface area (Å²) < 4.78 is 54.5. The Morgan fingerprint density at radius 1 is 0.589 bits per heavy atom. The maximum atomic E-state index is 13.2. The van der Waals surface area contributed by atoms with E-state index in [-0.39, 0.29) is 59.9 Å². The number of benzene rings is 4. The normalized spacial score (nSPS) is 19.7. The summed E-state index contributed by atoms with van der Waals surface area (Å²) in [5.74, 6) is -3.10. The number of ether oxygens (including phenoxy) is 1. The Morgan fingerprint density at radius 2 is 1.00 bits per heavy atom. The topological polar surface area (TPSA) is 77.5 Å². The zero-order valence-electron chi connectivity index (χ0n) is 32.9. The van der Waals surface area contributed by atoms with Crippen LogP contribution in [0.5, 0.6) is 5.75 Å². The van der Waals surface area contributed by atoms with Crippen LogP contribution in [0.3, 0.4) is 0 Å². The Balaban J connectivity index is 0.000000216. The van der Waals surface area contributed by atoms with Gasteiger partial charge in [-0.05, 0) is 121 Å². The molecule has 2 saturated carbocycles. The SMILES string of the molecule is CCc1cc(C)cc(CC)c1C1C(=O)CC(Cc2ccc(F)cc2)C1=O.CCc1cc(C)cc(CC)c1C1C(=O)CC(Cc2cccc(OC(F)(F)F)c2)C1=O. The van der Waals surface area contributed by atoms with Gasteiger partial charge in [0.05, 0.1) is 0 Å². The minimum absolute atomic E-state index is 0.0209. The first-order chi connectivity index (χ1) is 26.6. The maximum absolute atomic E-state index is 13.2. The molecule has 0 saturated heterocycles.